The van der Waals surface area contributed by atoms with E-state index in [0.29, 0.717) is 12.5 Å². The van der Waals surface area contributed by atoms with Gasteiger partial charge in [-0.05, 0) is 26.2 Å². The summed E-state index contributed by atoms with van der Waals surface area (Å²) in [5.74, 6) is 1.99. The predicted octanol–water partition coefficient (Wildman–Crippen LogP) is 1.49. The maximum atomic E-state index is 9.76. The Hall–Kier alpha value is -1.24. The molecule has 6 nitrogen and oxygen atoms in total. The van der Waals surface area contributed by atoms with E-state index in [-0.39, 0.29) is 12.0 Å². The fraction of sp³-hybridized carbons (Fsp3) is 0.750. The number of aromatic nitrogens is 2. The highest BCUT2D eigenvalue weighted by molar-refractivity contribution is 5.37. The summed E-state index contributed by atoms with van der Waals surface area (Å²) in [5.41, 5.74) is 0.950. The fourth-order valence-corrected chi connectivity index (χ4v) is 3.13. The van der Waals surface area contributed by atoms with Gasteiger partial charge in [0, 0.05) is 43.8 Å². The van der Waals surface area contributed by atoms with Crippen LogP contribution in [0.1, 0.15) is 36.7 Å². The standard InChI is InChI=1S/C16H25N3O3/c1-12-18-14(13-2-5-22-9-13)8-15(19-12)17-10-16(11-20)3-6-21-7-4-16/h8,13,20H,2-7,9-11H2,1H3,(H,17,18,19). The van der Waals surface area contributed by atoms with Crippen LogP contribution in [0.2, 0.25) is 0 Å². The van der Waals surface area contributed by atoms with Gasteiger partial charge in [-0.25, -0.2) is 9.97 Å². The minimum atomic E-state index is -0.103. The molecule has 3 heterocycles. The van der Waals surface area contributed by atoms with Gasteiger partial charge in [0.25, 0.3) is 0 Å². The molecule has 1 unspecified atom stereocenters. The van der Waals surface area contributed by atoms with Gasteiger partial charge >= 0.3 is 0 Å². The van der Waals surface area contributed by atoms with E-state index in [2.05, 4.69) is 15.3 Å². The molecule has 1 aromatic heterocycles. The molecular formula is C16H25N3O3. The minimum absolute atomic E-state index is 0.103. The Morgan fingerprint density at radius 2 is 2.09 bits per heavy atom. The Bertz CT molecular complexity index is 497. The third-order valence-electron chi connectivity index (χ3n) is 4.74. The largest absolute Gasteiger partial charge is 0.396 e. The van der Waals surface area contributed by atoms with Crippen molar-refractivity contribution in [2.45, 2.75) is 32.1 Å². The Balaban J connectivity index is 1.68. The summed E-state index contributed by atoms with van der Waals surface area (Å²) in [6, 6.07) is 2.02. The Morgan fingerprint density at radius 3 is 2.77 bits per heavy atom. The zero-order valence-corrected chi connectivity index (χ0v) is 13.2. The van der Waals surface area contributed by atoms with Crippen LogP contribution in [0.5, 0.6) is 0 Å². The summed E-state index contributed by atoms with van der Waals surface area (Å²) >= 11 is 0. The summed E-state index contributed by atoms with van der Waals surface area (Å²) in [6.45, 7) is 5.80. The highest BCUT2D eigenvalue weighted by atomic mass is 16.5. The van der Waals surface area contributed by atoms with E-state index in [1.807, 2.05) is 13.0 Å². The van der Waals surface area contributed by atoms with Gasteiger partial charge in [-0.2, -0.15) is 0 Å². The van der Waals surface area contributed by atoms with Crippen LogP contribution in [0.15, 0.2) is 6.07 Å². The highest BCUT2D eigenvalue weighted by Gasteiger charge is 2.32. The monoisotopic (exact) mass is 307 g/mol. The molecule has 2 saturated heterocycles. The first-order chi connectivity index (χ1) is 10.7. The molecule has 3 rings (SSSR count). The summed E-state index contributed by atoms with van der Waals surface area (Å²) in [4.78, 5) is 9.03. The second kappa shape index (κ2) is 6.89. The van der Waals surface area contributed by atoms with E-state index >= 15 is 0 Å². The van der Waals surface area contributed by atoms with Gasteiger partial charge in [0.15, 0.2) is 0 Å². The van der Waals surface area contributed by atoms with Crippen LogP contribution < -0.4 is 5.32 Å². The van der Waals surface area contributed by atoms with Gasteiger partial charge in [0.1, 0.15) is 11.6 Å². The molecule has 0 amide bonds. The first-order valence-electron chi connectivity index (χ1n) is 8.07. The third kappa shape index (κ3) is 3.56. The first kappa shape index (κ1) is 15.6. The molecule has 0 saturated carbocycles. The average molecular weight is 307 g/mol. The van der Waals surface area contributed by atoms with E-state index in [1.54, 1.807) is 0 Å². The third-order valence-corrected chi connectivity index (χ3v) is 4.74. The van der Waals surface area contributed by atoms with Crippen molar-refractivity contribution in [3.63, 3.8) is 0 Å². The van der Waals surface area contributed by atoms with E-state index < -0.39 is 0 Å². The molecule has 0 radical (unpaired) electrons. The fourth-order valence-electron chi connectivity index (χ4n) is 3.13. The number of nitrogens with one attached hydrogen (secondary N) is 1. The lowest BCUT2D eigenvalue weighted by atomic mass is 9.81. The van der Waals surface area contributed by atoms with Gasteiger partial charge in [0.2, 0.25) is 0 Å². The van der Waals surface area contributed by atoms with Crippen LogP contribution >= 0.6 is 0 Å². The molecule has 1 aromatic rings. The summed E-state index contributed by atoms with van der Waals surface area (Å²) in [6.07, 6.45) is 2.78. The molecule has 0 aliphatic carbocycles. The second-order valence-electron chi connectivity index (χ2n) is 6.41. The van der Waals surface area contributed by atoms with Crippen molar-refractivity contribution in [3.05, 3.63) is 17.6 Å². The molecule has 2 aliphatic heterocycles. The Kier molecular flexibility index (Phi) is 4.90. The summed E-state index contributed by atoms with van der Waals surface area (Å²) in [5, 5.41) is 13.2. The molecule has 1 atom stereocenters. The van der Waals surface area contributed by atoms with Crippen LogP contribution in [-0.4, -0.2) is 54.7 Å². The van der Waals surface area contributed by atoms with Crippen molar-refractivity contribution in [1.29, 1.82) is 0 Å². The quantitative estimate of drug-likeness (QED) is 0.858. The van der Waals surface area contributed by atoms with Crippen molar-refractivity contribution in [2.24, 2.45) is 5.41 Å². The van der Waals surface area contributed by atoms with E-state index in [4.69, 9.17) is 9.47 Å². The number of aliphatic hydroxyl groups is 1. The first-order valence-corrected chi connectivity index (χ1v) is 8.07. The van der Waals surface area contributed by atoms with Crippen molar-refractivity contribution in [3.8, 4) is 0 Å². The number of anilines is 1. The number of ether oxygens (including phenoxy) is 2. The summed E-state index contributed by atoms with van der Waals surface area (Å²) < 4.78 is 10.9. The van der Waals surface area contributed by atoms with Crippen molar-refractivity contribution < 1.29 is 14.6 Å². The van der Waals surface area contributed by atoms with E-state index in [0.717, 1.165) is 63.0 Å². The molecule has 0 spiro atoms. The van der Waals surface area contributed by atoms with Crippen LogP contribution in [0, 0.1) is 12.3 Å². The molecule has 0 aromatic carbocycles. The zero-order chi connectivity index (χ0) is 15.4. The van der Waals surface area contributed by atoms with Crippen molar-refractivity contribution in [1.82, 2.24) is 9.97 Å². The van der Waals surface area contributed by atoms with Gasteiger partial charge in [-0.3, -0.25) is 0 Å². The number of hydrogen-bond donors (Lipinski definition) is 2. The number of aryl methyl sites for hydroxylation is 1. The topological polar surface area (TPSA) is 76.5 Å². The SMILES string of the molecule is Cc1nc(NCC2(CO)CCOCC2)cc(C2CCOC2)n1. The number of aliphatic hydroxyl groups excluding tert-OH is 1. The number of nitrogens with zero attached hydrogens (tertiary/aromatic N) is 2. The molecule has 6 heteroatoms. The maximum absolute atomic E-state index is 9.76. The molecule has 2 aliphatic rings. The Labute approximate surface area is 131 Å². The lowest BCUT2D eigenvalue weighted by Gasteiger charge is -2.35. The zero-order valence-electron chi connectivity index (χ0n) is 13.2. The average Bonchev–Trinajstić information content (AvgIpc) is 3.08. The number of hydrogen-bond acceptors (Lipinski definition) is 6. The van der Waals surface area contributed by atoms with E-state index in [9.17, 15) is 5.11 Å². The minimum Gasteiger partial charge on any atom is -0.396 e. The van der Waals surface area contributed by atoms with Crippen LogP contribution in [0.4, 0.5) is 5.82 Å². The van der Waals surface area contributed by atoms with Crippen molar-refractivity contribution in [2.75, 3.05) is 44.9 Å². The smallest absolute Gasteiger partial charge is 0.129 e. The van der Waals surface area contributed by atoms with Gasteiger partial charge < -0.3 is 19.9 Å². The second-order valence-corrected chi connectivity index (χ2v) is 6.41. The molecular weight excluding hydrogens is 282 g/mol. The predicted molar refractivity (Wildman–Crippen MR) is 83.0 cm³/mol. The van der Waals surface area contributed by atoms with Crippen LogP contribution in [0.25, 0.3) is 0 Å². The molecule has 2 N–H and O–H groups in total. The van der Waals surface area contributed by atoms with Gasteiger partial charge in [-0.15, -0.1) is 0 Å². The van der Waals surface area contributed by atoms with Crippen LogP contribution in [-0.2, 0) is 9.47 Å². The van der Waals surface area contributed by atoms with E-state index in [1.165, 1.54) is 0 Å². The molecule has 0 bridgehead atoms. The lowest BCUT2D eigenvalue weighted by Crippen LogP contribution is -2.39. The maximum Gasteiger partial charge on any atom is 0.129 e. The molecule has 2 fully saturated rings. The molecule has 22 heavy (non-hydrogen) atoms. The highest BCUT2D eigenvalue weighted by Crippen LogP contribution is 2.31. The number of rotatable bonds is 5. The van der Waals surface area contributed by atoms with Gasteiger partial charge in [0.05, 0.1) is 18.9 Å². The van der Waals surface area contributed by atoms with Gasteiger partial charge in [-0.1, -0.05) is 0 Å². The van der Waals surface area contributed by atoms with Crippen LogP contribution in [0.3, 0.4) is 0 Å². The lowest BCUT2D eigenvalue weighted by molar-refractivity contribution is -0.00862. The molecule has 122 valence electrons. The summed E-state index contributed by atoms with van der Waals surface area (Å²) in [7, 11) is 0. The Morgan fingerprint density at radius 1 is 1.27 bits per heavy atom. The van der Waals surface area contributed by atoms with Crippen molar-refractivity contribution >= 4 is 5.82 Å². The normalized spacial score (nSPS) is 24.4.